The van der Waals surface area contributed by atoms with Gasteiger partial charge in [-0.15, -0.1) is 11.6 Å². The van der Waals surface area contributed by atoms with Gasteiger partial charge in [-0.3, -0.25) is 0 Å². The third kappa shape index (κ3) is 4.12. The summed E-state index contributed by atoms with van der Waals surface area (Å²) in [6.07, 6.45) is 0. The number of nitrogens with one attached hydrogen (secondary N) is 1. The average Bonchev–Trinajstić information content (AvgIpc) is 2.57. The van der Waals surface area contributed by atoms with Crippen LogP contribution >= 0.6 is 22.9 Å². The van der Waals surface area contributed by atoms with E-state index in [1.54, 1.807) is 11.3 Å². The summed E-state index contributed by atoms with van der Waals surface area (Å²) in [5.74, 6) is 0.698. The van der Waals surface area contributed by atoms with Crippen LogP contribution in [0.25, 0.3) is 0 Å². The molecule has 0 atom stereocenters. The number of halogens is 1. The van der Waals surface area contributed by atoms with Crippen molar-refractivity contribution in [3.63, 3.8) is 0 Å². The van der Waals surface area contributed by atoms with Gasteiger partial charge < -0.3 is 5.32 Å². The zero-order chi connectivity index (χ0) is 9.73. The third-order valence-corrected chi connectivity index (χ3v) is 3.33. The summed E-state index contributed by atoms with van der Waals surface area (Å²) in [4.78, 5) is 0. The molecule has 0 aromatic carbocycles. The summed E-state index contributed by atoms with van der Waals surface area (Å²) < 4.78 is 0. The molecule has 1 heterocycles. The zero-order valence-electron chi connectivity index (χ0n) is 8.14. The summed E-state index contributed by atoms with van der Waals surface area (Å²) in [7, 11) is 0. The topological polar surface area (TPSA) is 12.0 Å². The molecule has 1 nitrogen and oxygen atoms in total. The Labute approximate surface area is 89.1 Å². The van der Waals surface area contributed by atoms with Crippen molar-refractivity contribution in [3.05, 3.63) is 22.4 Å². The van der Waals surface area contributed by atoms with Crippen molar-refractivity contribution < 1.29 is 0 Å². The summed E-state index contributed by atoms with van der Waals surface area (Å²) in [5.41, 5.74) is 1.55. The van der Waals surface area contributed by atoms with Gasteiger partial charge in [0.25, 0.3) is 0 Å². The highest BCUT2D eigenvalue weighted by Gasteiger charge is 2.15. The lowest BCUT2D eigenvalue weighted by atomic mass is 9.96. The number of hydrogen-bond donors (Lipinski definition) is 1. The lowest BCUT2D eigenvalue weighted by Crippen LogP contribution is -2.30. The van der Waals surface area contributed by atoms with Crippen molar-refractivity contribution in [2.45, 2.75) is 20.4 Å². The van der Waals surface area contributed by atoms with E-state index in [9.17, 15) is 0 Å². The largest absolute Gasteiger partial charge is 0.312 e. The Bertz CT molecular complexity index is 231. The Hall–Kier alpha value is -0.0500. The number of rotatable bonds is 5. The second-order valence-electron chi connectivity index (χ2n) is 4.03. The van der Waals surface area contributed by atoms with E-state index < -0.39 is 0 Å². The van der Waals surface area contributed by atoms with Gasteiger partial charge in [0.05, 0.1) is 0 Å². The molecule has 0 saturated heterocycles. The predicted octanol–water partition coefficient (Wildman–Crippen LogP) is 3.10. The van der Waals surface area contributed by atoms with Gasteiger partial charge in [-0.2, -0.15) is 11.3 Å². The van der Waals surface area contributed by atoms with Crippen LogP contribution in [0, 0.1) is 5.41 Å². The van der Waals surface area contributed by atoms with E-state index >= 15 is 0 Å². The molecule has 1 aromatic heterocycles. The van der Waals surface area contributed by atoms with Gasteiger partial charge >= 0.3 is 0 Å². The molecule has 1 rings (SSSR count). The molecular weight excluding hydrogens is 202 g/mol. The first-order chi connectivity index (χ1) is 6.14. The van der Waals surface area contributed by atoms with Crippen LogP contribution in [0.5, 0.6) is 0 Å². The first-order valence-electron chi connectivity index (χ1n) is 4.42. The molecule has 0 radical (unpaired) electrons. The molecule has 74 valence electrons. The number of thiophene rings is 1. The van der Waals surface area contributed by atoms with Gasteiger partial charge in [-0.1, -0.05) is 13.8 Å². The van der Waals surface area contributed by atoms with Gasteiger partial charge in [0.1, 0.15) is 0 Å². The van der Waals surface area contributed by atoms with Crippen molar-refractivity contribution in [3.8, 4) is 0 Å². The predicted molar refractivity (Wildman–Crippen MR) is 60.5 cm³/mol. The monoisotopic (exact) mass is 217 g/mol. The van der Waals surface area contributed by atoms with E-state index in [4.69, 9.17) is 11.6 Å². The molecule has 0 amide bonds. The van der Waals surface area contributed by atoms with Crippen LogP contribution in [-0.4, -0.2) is 12.4 Å². The van der Waals surface area contributed by atoms with Crippen molar-refractivity contribution in [2.24, 2.45) is 5.41 Å². The Morgan fingerprint density at radius 3 is 2.85 bits per heavy atom. The molecular formula is C10H16ClNS. The van der Waals surface area contributed by atoms with Crippen LogP contribution in [0.1, 0.15) is 19.4 Å². The Morgan fingerprint density at radius 1 is 1.54 bits per heavy atom. The van der Waals surface area contributed by atoms with Crippen LogP contribution < -0.4 is 5.32 Å². The van der Waals surface area contributed by atoms with Crippen molar-refractivity contribution in [2.75, 3.05) is 12.4 Å². The minimum Gasteiger partial charge on any atom is -0.312 e. The van der Waals surface area contributed by atoms with E-state index in [0.717, 1.165) is 13.1 Å². The molecule has 1 aromatic rings. The van der Waals surface area contributed by atoms with E-state index in [1.807, 2.05) is 0 Å². The molecule has 0 bridgehead atoms. The Morgan fingerprint density at radius 2 is 2.31 bits per heavy atom. The van der Waals surface area contributed by atoms with Gasteiger partial charge in [0, 0.05) is 19.0 Å². The lowest BCUT2D eigenvalue weighted by molar-refractivity contribution is 0.385. The highest BCUT2D eigenvalue weighted by Crippen LogP contribution is 2.15. The van der Waals surface area contributed by atoms with Crippen LogP contribution in [0.3, 0.4) is 0 Å². The second kappa shape index (κ2) is 4.99. The second-order valence-corrected chi connectivity index (χ2v) is 5.08. The standard InChI is InChI=1S/C10H16ClNS/c1-10(2,7-11)8-12-5-9-3-4-13-6-9/h3-4,6,12H,5,7-8H2,1-2H3. The van der Waals surface area contributed by atoms with Crippen molar-refractivity contribution in [1.82, 2.24) is 5.32 Å². The maximum Gasteiger partial charge on any atom is 0.0286 e. The summed E-state index contributed by atoms with van der Waals surface area (Å²) >= 11 is 7.55. The fourth-order valence-electron chi connectivity index (χ4n) is 0.986. The van der Waals surface area contributed by atoms with E-state index in [-0.39, 0.29) is 5.41 Å². The van der Waals surface area contributed by atoms with E-state index in [1.165, 1.54) is 5.56 Å². The Balaban J connectivity index is 2.21. The fourth-order valence-corrected chi connectivity index (χ4v) is 1.75. The Kier molecular flexibility index (Phi) is 4.23. The minimum absolute atomic E-state index is 0.192. The van der Waals surface area contributed by atoms with E-state index in [0.29, 0.717) is 5.88 Å². The molecule has 0 aliphatic carbocycles. The molecule has 0 aliphatic rings. The molecule has 0 saturated carbocycles. The third-order valence-electron chi connectivity index (χ3n) is 1.87. The van der Waals surface area contributed by atoms with Crippen LogP contribution in [0.2, 0.25) is 0 Å². The lowest BCUT2D eigenvalue weighted by Gasteiger charge is -2.21. The minimum atomic E-state index is 0.192. The van der Waals surface area contributed by atoms with E-state index in [2.05, 4.69) is 36.0 Å². The molecule has 0 unspecified atom stereocenters. The van der Waals surface area contributed by atoms with Gasteiger partial charge in [0.15, 0.2) is 0 Å². The molecule has 13 heavy (non-hydrogen) atoms. The average molecular weight is 218 g/mol. The summed E-state index contributed by atoms with van der Waals surface area (Å²) in [6.45, 7) is 6.25. The van der Waals surface area contributed by atoms with Crippen LogP contribution in [0.15, 0.2) is 16.8 Å². The SMILES string of the molecule is CC(C)(CCl)CNCc1ccsc1. The van der Waals surface area contributed by atoms with Gasteiger partial charge in [-0.25, -0.2) is 0 Å². The van der Waals surface area contributed by atoms with Gasteiger partial charge in [-0.05, 0) is 27.8 Å². The first kappa shape index (κ1) is 11.0. The van der Waals surface area contributed by atoms with Gasteiger partial charge in [0.2, 0.25) is 0 Å². The first-order valence-corrected chi connectivity index (χ1v) is 5.89. The fraction of sp³-hybridized carbons (Fsp3) is 0.600. The van der Waals surface area contributed by atoms with Crippen molar-refractivity contribution >= 4 is 22.9 Å². The molecule has 0 fully saturated rings. The summed E-state index contributed by atoms with van der Waals surface area (Å²) in [5, 5.41) is 7.67. The highest BCUT2D eigenvalue weighted by molar-refractivity contribution is 7.07. The van der Waals surface area contributed by atoms with Crippen molar-refractivity contribution in [1.29, 1.82) is 0 Å². The molecule has 0 aliphatic heterocycles. The molecule has 0 spiro atoms. The summed E-state index contributed by atoms with van der Waals surface area (Å²) in [6, 6.07) is 2.14. The number of hydrogen-bond acceptors (Lipinski definition) is 2. The van der Waals surface area contributed by atoms with Crippen LogP contribution in [-0.2, 0) is 6.54 Å². The molecule has 3 heteroatoms. The molecule has 1 N–H and O–H groups in total. The normalized spacial score (nSPS) is 11.9. The van der Waals surface area contributed by atoms with Crippen LogP contribution in [0.4, 0.5) is 0 Å². The quantitative estimate of drug-likeness (QED) is 0.748. The smallest absolute Gasteiger partial charge is 0.0286 e. The maximum atomic E-state index is 5.82. The zero-order valence-corrected chi connectivity index (χ0v) is 9.71. The maximum absolute atomic E-state index is 5.82. The highest BCUT2D eigenvalue weighted by atomic mass is 35.5. The number of alkyl halides is 1.